The molecule has 6 heteroatoms. The topological polar surface area (TPSA) is 40.8 Å². The molecule has 4 rings (SSSR count). The number of piperazine rings is 1. The second-order valence-electron chi connectivity index (χ2n) is 7.73. The molecule has 0 unspecified atom stereocenters. The zero-order valence-corrected chi connectivity index (χ0v) is 17.1. The molecule has 1 fully saturated rings. The molecule has 0 N–H and O–H groups in total. The van der Waals surface area contributed by atoms with E-state index >= 15 is 0 Å². The minimum Gasteiger partial charge on any atom is -0.335 e. The van der Waals surface area contributed by atoms with Crippen LogP contribution in [0.15, 0.2) is 48.7 Å². The predicted octanol–water partition coefficient (Wildman–Crippen LogP) is 4.07. The molecule has 2 aromatic heterocycles. The summed E-state index contributed by atoms with van der Waals surface area (Å²) in [5, 5.41) is 0.681. The van der Waals surface area contributed by atoms with Gasteiger partial charge in [-0.05, 0) is 42.3 Å². The molecule has 1 aliphatic heterocycles. The lowest BCUT2D eigenvalue weighted by Gasteiger charge is -2.35. The third-order valence-electron chi connectivity index (χ3n) is 5.14. The minimum atomic E-state index is 0.00751. The number of carbonyl (C=O) groups is 1. The summed E-state index contributed by atoms with van der Waals surface area (Å²) < 4.78 is 1.98. The van der Waals surface area contributed by atoms with Crippen molar-refractivity contribution in [3.05, 3.63) is 59.4 Å². The fourth-order valence-electron chi connectivity index (χ4n) is 3.80. The van der Waals surface area contributed by atoms with E-state index < -0.39 is 0 Å². The summed E-state index contributed by atoms with van der Waals surface area (Å²) >= 11 is 6.03. The van der Waals surface area contributed by atoms with Gasteiger partial charge in [0, 0.05) is 49.5 Å². The zero-order chi connectivity index (χ0) is 19.7. The lowest BCUT2D eigenvalue weighted by molar-refractivity contribution is 0.0620. The van der Waals surface area contributed by atoms with Crippen LogP contribution < -0.4 is 0 Å². The summed E-state index contributed by atoms with van der Waals surface area (Å²) in [7, 11) is 0. The summed E-state index contributed by atoms with van der Waals surface area (Å²) in [5.74, 6) is 1.41. The fourth-order valence-corrected chi connectivity index (χ4v) is 3.92. The summed E-state index contributed by atoms with van der Waals surface area (Å²) in [6.07, 6.45) is 1.95. The number of amides is 1. The highest BCUT2D eigenvalue weighted by atomic mass is 35.5. The van der Waals surface area contributed by atoms with Crippen molar-refractivity contribution in [3.63, 3.8) is 0 Å². The second-order valence-corrected chi connectivity index (χ2v) is 8.17. The highest BCUT2D eigenvalue weighted by molar-refractivity contribution is 6.30. The van der Waals surface area contributed by atoms with Crippen LogP contribution in [0.25, 0.3) is 16.9 Å². The zero-order valence-electron chi connectivity index (χ0n) is 16.3. The van der Waals surface area contributed by atoms with Gasteiger partial charge in [-0.15, -0.1) is 0 Å². The number of halogens is 1. The molecule has 5 nitrogen and oxygen atoms in total. The smallest absolute Gasteiger partial charge is 0.274 e. The molecule has 1 aliphatic rings. The van der Waals surface area contributed by atoms with Gasteiger partial charge in [0.05, 0.1) is 5.52 Å². The van der Waals surface area contributed by atoms with Crippen LogP contribution in [-0.4, -0.2) is 57.8 Å². The molecule has 146 valence electrons. The lowest BCUT2D eigenvalue weighted by Crippen LogP contribution is -2.49. The molecule has 1 saturated heterocycles. The maximum atomic E-state index is 13.3. The van der Waals surface area contributed by atoms with Crippen LogP contribution in [0.4, 0.5) is 0 Å². The van der Waals surface area contributed by atoms with Crippen molar-refractivity contribution >= 4 is 23.0 Å². The molecular weight excluding hydrogens is 372 g/mol. The van der Waals surface area contributed by atoms with E-state index in [9.17, 15) is 4.79 Å². The maximum Gasteiger partial charge on any atom is 0.274 e. The van der Waals surface area contributed by atoms with Crippen molar-refractivity contribution in [2.45, 2.75) is 13.8 Å². The Morgan fingerprint density at radius 3 is 2.46 bits per heavy atom. The number of pyridine rings is 1. The molecule has 0 bridgehead atoms. The maximum absolute atomic E-state index is 13.3. The van der Waals surface area contributed by atoms with Crippen LogP contribution in [0.2, 0.25) is 5.02 Å². The Morgan fingerprint density at radius 2 is 1.79 bits per heavy atom. The number of carbonyl (C=O) groups excluding carboxylic acids is 1. The van der Waals surface area contributed by atoms with E-state index in [1.54, 1.807) is 0 Å². The summed E-state index contributed by atoms with van der Waals surface area (Å²) in [6, 6.07) is 13.4. The Bertz CT molecular complexity index is 972. The van der Waals surface area contributed by atoms with E-state index in [0.29, 0.717) is 16.6 Å². The molecule has 0 spiro atoms. The van der Waals surface area contributed by atoms with Crippen molar-refractivity contribution < 1.29 is 4.79 Å². The van der Waals surface area contributed by atoms with Gasteiger partial charge >= 0.3 is 0 Å². The number of imidazole rings is 1. The van der Waals surface area contributed by atoms with Gasteiger partial charge in [0.2, 0.25) is 0 Å². The largest absolute Gasteiger partial charge is 0.335 e. The third kappa shape index (κ3) is 3.77. The van der Waals surface area contributed by atoms with Crippen LogP contribution in [0.5, 0.6) is 0 Å². The molecule has 3 aromatic rings. The van der Waals surface area contributed by atoms with Gasteiger partial charge in [-0.3, -0.25) is 14.1 Å². The molecule has 3 heterocycles. The Hall–Kier alpha value is -2.37. The van der Waals surface area contributed by atoms with Crippen LogP contribution in [0.1, 0.15) is 24.3 Å². The van der Waals surface area contributed by atoms with Crippen molar-refractivity contribution in [3.8, 4) is 11.4 Å². The summed E-state index contributed by atoms with van der Waals surface area (Å²) in [4.78, 5) is 22.4. The first kappa shape index (κ1) is 19.0. The predicted molar refractivity (Wildman–Crippen MR) is 113 cm³/mol. The quantitative estimate of drug-likeness (QED) is 0.667. The number of aromatic nitrogens is 2. The van der Waals surface area contributed by atoms with Crippen LogP contribution in [0, 0.1) is 5.92 Å². The van der Waals surface area contributed by atoms with Gasteiger partial charge < -0.3 is 4.90 Å². The molecule has 28 heavy (non-hydrogen) atoms. The Morgan fingerprint density at radius 1 is 1.07 bits per heavy atom. The Labute approximate surface area is 170 Å². The average molecular weight is 397 g/mol. The number of benzene rings is 1. The van der Waals surface area contributed by atoms with Gasteiger partial charge in [0.25, 0.3) is 5.91 Å². The van der Waals surface area contributed by atoms with Gasteiger partial charge in [0.1, 0.15) is 5.82 Å². The standard InChI is InChI=1S/C22H25ClN4O/c1-16(2)15-25-11-13-26(14-12-25)22(28)20-19-5-3-4-10-27(19)21(24-20)17-6-8-18(23)9-7-17/h3-10,16H,11-15H2,1-2H3. The molecule has 0 aliphatic carbocycles. The van der Waals surface area contributed by atoms with E-state index in [1.165, 1.54) is 0 Å². The number of fused-ring (bicyclic) bond motifs is 1. The SMILES string of the molecule is CC(C)CN1CCN(C(=O)c2nc(-c3ccc(Cl)cc3)n3ccccc23)CC1. The number of hydrogen-bond acceptors (Lipinski definition) is 3. The lowest BCUT2D eigenvalue weighted by atomic mass is 10.2. The van der Waals surface area contributed by atoms with Crippen molar-refractivity contribution in [2.24, 2.45) is 5.92 Å². The van der Waals surface area contributed by atoms with E-state index in [2.05, 4.69) is 18.7 Å². The molecule has 0 atom stereocenters. The van der Waals surface area contributed by atoms with Crippen molar-refractivity contribution in [1.29, 1.82) is 0 Å². The van der Waals surface area contributed by atoms with Gasteiger partial charge in [-0.1, -0.05) is 31.5 Å². The second kappa shape index (κ2) is 7.94. The first-order chi connectivity index (χ1) is 13.5. The van der Waals surface area contributed by atoms with Crippen LogP contribution in [-0.2, 0) is 0 Å². The van der Waals surface area contributed by atoms with E-state index in [1.807, 2.05) is 58.0 Å². The highest BCUT2D eigenvalue weighted by Gasteiger charge is 2.26. The van der Waals surface area contributed by atoms with Crippen molar-refractivity contribution in [1.82, 2.24) is 19.2 Å². The van der Waals surface area contributed by atoms with Gasteiger partial charge in [0.15, 0.2) is 5.69 Å². The fraction of sp³-hybridized carbons (Fsp3) is 0.364. The van der Waals surface area contributed by atoms with Gasteiger partial charge in [-0.25, -0.2) is 4.98 Å². The number of hydrogen-bond donors (Lipinski definition) is 0. The van der Waals surface area contributed by atoms with Crippen molar-refractivity contribution in [2.75, 3.05) is 32.7 Å². The van der Waals surface area contributed by atoms with E-state index in [4.69, 9.17) is 16.6 Å². The van der Waals surface area contributed by atoms with Crippen LogP contribution >= 0.6 is 11.6 Å². The summed E-state index contributed by atoms with van der Waals surface area (Å²) in [6.45, 7) is 8.86. The monoisotopic (exact) mass is 396 g/mol. The normalized spacial score (nSPS) is 15.5. The minimum absolute atomic E-state index is 0.00751. The summed E-state index contributed by atoms with van der Waals surface area (Å²) in [5.41, 5.74) is 2.29. The van der Waals surface area contributed by atoms with E-state index in [0.717, 1.165) is 49.6 Å². The number of rotatable bonds is 4. The molecular formula is C22H25ClN4O. The average Bonchev–Trinajstić information content (AvgIpc) is 3.08. The highest BCUT2D eigenvalue weighted by Crippen LogP contribution is 2.25. The van der Waals surface area contributed by atoms with E-state index in [-0.39, 0.29) is 5.91 Å². The number of nitrogens with zero attached hydrogens (tertiary/aromatic N) is 4. The first-order valence-corrected chi connectivity index (χ1v) is 10.2. The molecule has 0 radical (unpaired) electrons. The van der Waals surface area contributed by atoms with Crippen LogP contribution in [0.3, 0.4) is 0 Å². The molecule has 0 saturated carbocycles. The Balaban J connectivity index is 1.62. The first-order valence-electron chi connectivity index (χ1n) is 9.77. The molecule has 1 amide bonds. The molecule has 1 aromatic carbocycles. The Kier molecular flexibility index (Phi) is 5.38. The third-order valence-corrected chi connectivity index (χ3v) is 5.39. The van der Waals surface area contributed by atoms with Gasteiger partial charge in [-0.2, -0.15) is 0 Å².